The molecule has 2 rings (SSSR count). The summed E-state index contributed by atoms with van der Waals surface area (Å²) in [4.78, 5) is 10.4. The molecule has 2 aromatic carbocycles. The van der Waals surface area contributed by atoms with Crippen molar-refractivity contribution in [2.24, 2.45) is 0 Å². The number of nitrogens with zero attached hydrogens (tertiary/aromatic N) is 1. The first kappa shape index (κ1) is 15.2. The van der Waals surface area contributed by atoms with Crippen molar-refractivity contribution in [1.29, 1.82) is 0 Å². The van der Waals surface area contributed by atoms with Gasteiger partial charge in [-0.1, -0.05) is 12.1 Å². The molecule has 0 atom stereocenters. The fraction of sp³-hybridized carbons (Fsp3) is 0.143. The number of anilines is 1. The SMILES string of the molecule is COc1ccc(CNc2cc(F)c(Br)cc2[N+](=O)[O-])cc1. The summed E-state index contributed by atoms with van der Waals surface area (Å²) in [5.41, 5.74) is 0.849. The summed E-state index contributed by atoms with van der Waals surface area (Å²) in [6, 6.07) is 9.47. The van der Waals surface area contributed by atoms with E-state index in [0.717, 1.165) is 23.4 Å². The number of methoxy groups -OCH3 is 1. The van der Waals surface area contributed by atoms with Crippen LogP contribution in [0.5, 0.6) is 5.75 Å². The van der Waals surface area contributed by atoms with Gasteiger partial charge in [0.2, 0.25) is 0 Å². The minimum atomic E-state index is -0.558. The number of rotatable bonds is 5. The van der Waals surface area contributed by atoms with Crippen LogP contribution in [0.4, 0.5) is 15.8 Å². The predicted molar refractivity (Wildman–Crippen MR) is 81.1 cm³/mol. The van der Waals surface area contributed by atoms with Gasteiger partial charge in [0.15, 0.2) is 0 Å². The molecule has 0 unspecified atom stereocenters. The van der Waals surface area contributed by atoms with Crippen molar-refractivity contribution in [3.8, 4) is 5.75 Å². The topological polar surface area (TPSA) is 64.4 Å². The largest absolute Gasteiger partial charge is 0.497 e. The maximum absolute atomic E-state index is 13.5. The second-order valence-electron chi connectivity index (χ2n) is 4.24. The van der Waals surface area contributed by atoms with Gasteiger partial charge in [0.1, 0.15) is 17.3 Å². The van der Waals surface area contributed by atoms with Crippen LogP contribution in [-0.4, -0.2) is 12.0 Å². The van der Waals surface area contributed by atoms with Gasteiger partial charge >= 0.3 is 0 Å². The molecule has 0 heterocycles. The molecule has 0 saturated heterocycles. The third-order valence-electron chi connectivity index (χ3n) is 2.88. The zero-order valence-corrected chi connectivity index (χ0v) is 12.7. The Morgan fingerprint density at radius 2 is 2.00 bits per heavy atom. The summed E-state index contributed by atoms with van der Waals surface area (Å²) in [5, 5.41) is 13.9. The van der Waals surface area contributed by atoms with Gasteiger partial charge < -0.3 is 10.1 Å². The molecule has 110 valence electrons. The zero-order chi connectivity index (χ0) is 15.4. The molecule has 0 aliphatic carbocycles. The summed E-state index contributed by atoms with van der Waals surface area (Å²) in [5.74, 6) is 0.164. The minimum absolute atomic E-state index is 0.0594. The Morgan fingerprint density at radius 1 is 1.33 bits per heavy atom. The van der Waals surface area contributed by atoms with Crippen molar-refractivity contribution in [1.82, 2.24) is 0 Å². The first-order valence-electron chi connectivity index (χ1n) is 6.01. The fourth-order valence-electron chi connectivity index (χ4n) is 1.77. The number of hydrogen-bond acceptors (Lipinski definition) is 4. The number of nitrogens with one attached hydrogen (secondary N) is 1. The van der Waals surface area contributed by atoms with Gasteiger partial charge in [-0.3, -0.25) is 10.1 Å². The molecule has 0 amide bonds. The van der Waals surface area contributed by atoms with Crippen LogP contribution in [0.2, 0.25) is 0 Å². The van der Waals surface area contributed by atoms with Crippen molar-refractivity contribution in [3.05, 3.63) is 62.4 Å². The molecule has 0 radical (unpaired) electrons. The lowest BCUT2D eigenvalue weighted by Crippen LogP contribution is -2.03. The molecule has 0 saturated carbocycles. The van der Waals surface area contributed by atoms with Crippen molar-refractivity contribution in [3.63, 3.8) is 0 Å². The van der Waals surface area contributed by atoms with E-state index in [2.05, 4.69) is 21.2 Å². The lowest BCUT2D eigenvalue weighted by atomic mass is 10.2. The highest BCUT2D eigenvalue weighted by molar-refractivity contribution is 9.10. The molecule has 0 aliphatic rings. The number of hydrogen-bond donors (Lipinski definition) is 1. The van der Waals surface area contributed by atoms with E-state index in [9.17, 15) is 14.5 Å². The Morgan fingerprint density at radius 3 is 2.57 bits per heavy atom. The van der Waals surface area contributed by atoms with Crippen molar-refractivity contribution < 1.29 is 14.1 Å². The summed E-state index contributed by atoms with van der Waals surface area (Å²) in [6.07, 6.45) is 0. The second kappa shape index (κ2) is 6.53. The van der Waals surface area contributed by atoms with Crippen molar-refractivity contribution in [2.45, 2.75) is 6.54 Å². The summed E-state index contributed by atoms with van der Waals surface area (Å²) in [6.45, 7) is 0.339. The molecule has 21 heavy (non-hydrogen) atoms. The number of nitro benzene ring substituents is 1. The van der Waals surface area contributed by atoms with Crippen LogP contribution in [0.3, 0.4) is 0 Å². The number of ether oxygens (including phenoxy) is 1. The van der Waals surface area contributed by atoms with E-state index < -0.39 is 10.7 Å². The Balaban J connectivity index is 2.18. The lowest BCUT2D eigenvalue weighted by molar-refractivity contribution is -0.384. The molecule has 0 aliphatic heterocycles. The molecule has 0 fully saturated rings. The molecule has 2 aromatic rings. The Kier molecular flexibility index (Phi) is 4.74. The van der Waals surface area contributed by atoms with E-state index in [4.69, 9.17) is 4.74 Å². The maximum atomic E-state index is 13.5. The number of nitro groups is 1. The monoisotopic (exact) mass is 354 g/mol. The maximum Gasteiger partial charge on any atom is 0.293 e. The highest BCUT2D eigenvalue weighted by Gasteiger charge is 2.17. The van der Waals surface area contributed by atoms with Gasteiger partial charge in [-0.15, -0.1) is 0 Å². The van der Waals surface area contributed by atoms with E-state index in [1.54, 1.807) is 19.2 Å². The van der Waals surface area contributed by atoms with Gasteiger partial charge in [0.25, 0.3) is 5.69 Å². The first-order chi connectivity index (χ1) is 10.0. The zero-order valence-electron chi connectivity index (χ0n) is 11.1. The smallest absolute Gasteiger partial charge is 0.293 e. The lowest BCUT2D eigenvalue weighted by Gasteiger charge is -2.09. The third kappa shape index (κ3) is 3.69. The van der Waals surface area contributed by atoms with E-state index in [0.29, 0.717) is 6.54 Å². The highest BCUT2D eigenvalue weighted by atomic mass is 79.9. The van der Waals surface area contributed by atoms with Crippen LogP contribution in [0.15, 0.2) is 40.9 Å². The number of benzene rings is 2. The van der Waals surface area contributed by atoms with Gasteiger partial charge in [-0.05, 0) is 33.6 Å². The Labute approximate surface area is 129 Å². The molecule has 0 spiro atoms. The van der Waals surface area contributed by atoms with Gasteiger partial charge in [-0.2, -0.15) is 0 Å². The second-order valence-corrected chi connectivity index (χ2v) is 5.10. The van der Waals surface area contributed by atoms with Crippen molar-refractivity contribution >= 4 is 27.3 Å². The van der Waals surface area contributed by atoms with E-state index in [-0.39, 0.29) is 15.8 Å². The summed E-state index contributed by atoms with van der Waals surface area (Å²) < 4.78 is 18.6. The normalized spacial score (nSPS) is 10.2. The van der Waals surface area contributed by atoms with Gasteiger partial charge in [-0.25, -0.2) is 4.39 Å². The molecule has 5 nitrogen and oxygen atoms in total. The van der Waals surface area contributed by atoms with Crippen LogP contribution < -0.4 is 10.1 Å². The molecular formula is C14H12BrFN2O3. The fourth-order valence-corrected chi connectivity index (χ4v) is 2.10. The quantitative estimate of drug-likeness (QED) is 0.647. The Hall–Kier alpha value is -2.15. The van der Waals surface area contributed by atoms with E-state index >= 15 is 0 Å². The van der Waals surface area contributed by atoms with Crippen LogP contribution in [0.25, 0.3) is 0 Å². The van der Waals surface area contributed by atoms with E-state index in [1.807, 2.05) is 12.1 Å². The van der Waals surface area contributed by atoms with Crippen LogP contribution in [0.1, 0.15) is 5.56 Å². The summed E-state index contributed by atoms with van der Waals surface area (Å²) in [7, 11) is 1.57. The van der Waals surface area contributed by atoms with Crippen LogP contribution >= 0.6 is 15.9 Å². The first-order valence-corrected chi connectivity index (χ1v) is 6.81. The molecule has 0 bridgehead atoms. The predicted octanol–water partition coefficient (Wildman–Crippen LogP) is 4.12. The molecular weight excluding hydrogens is 343 g/mol. The average molecular weight is 355 g/mol. The van der Waals surface area contributed by atoms with Gasteiger partial charge in [0.05, 0.1) is 16.5 Å². The Bertz CT molecular complexity index is 662. The van der Waals surface area contributed by atoms with Crippen LogP contribution in [-0.2, 0) is 6.54 Å². The molecule has 7 heteroatoms. The van der Waals surface area contributed by atoms with E-state index in [1.165, 1.54) is 0 Å². The number of halogens is 2. The van der Waals surface area contributed by atoms with Gasteiger partial charge in [0, 0.05) is 18.7 Å². The molecule has 0 aromatic heterocycles. The third-order valence-corrected chi connectivity index (χ3v) is 3.49. The van der Waals surface area contributed by atoms with Crippen LogP contribution in [0, 0.1) is 15.9 Å². The highest BCUT2D eigenvalue weighted by Crippen LogP contribution is 2.31. The summed E-state index contributed by atoms with van der Waals surface area (Å²) >= 11 is 2.94. The average Bonchev–Trinajstić information content (AvgIpc) is 2.48. The van der Waals surface area contributed by atoms with Crippen molar-refractivity contribution in [2.75, 3.05) is 12.4 Å². The molecule has 1 N–H and O–H groups in total. The standard InChI is InChI=1S/C14H12BrFN2O3/c1-21-10-4-2-9(3-5-10)8-17-13-7-12(16)11(15)6-14(13)18(19)20/h2-7,17H,8H2,1H3. The minimum Gasteiger partial charge on any atom is -0.497 e.